The second-order valence-corrected chi connectivity index (χ2v) is 2.32. The summed E-state index contributed by atoms with van der Waals surface area (Å²) in [5.74, 6) is 0.691. The van der Waals surface area contributed by atoms with E-state index in [1.54, 1.807) is 0 Å². The lowest BCUT2D eigenvalue weighted by Gasteiger charge is -2.27. The molecule has 3 heteroatoms. The standard InChI is InChI=1S/C6H13N3/c1-6(7)9-4-2-8-3-5-9/h7-8H,2-5H2,1H3. The van der Waals surface area contributed by atoms with Gasteiger partial charge in [0, 0.05) is 26.2 Å². The van der Waals surface area contributed by atoms with Crippen LogP contribution in [-0.4, -0.2) is 36.9 Å². The van der Waals surface area contributed by atoms with Gasteiger partial charge in [0.25, 0.3) is 0 Å². The predicted octanol–water partition coefficient (Wildman–Crippen LogP) is -0.111. The van der Waals surface area contributed by atoms with Crippen LogP contribution in [0.2, 0.25) is 0 Å². The Balaban J connectivity index is 2.31. The summed E-state index contributed by atoms with van der Waals surface area (Å²) in [6.07, 6.45) is 0. The highest BCUT2D eigenvalue weighted by Crippen LogP contribution is 1.91. The van der Waals surface area contributed by atoms with Crippen molar-refractivity contribution in [1.29, 1.82) is 5.41 Å². The summed E-state index contributed by atoms with van der Waals surface area (Å²) < 4.78 is 0. The van der Waals surface area contributed by atoms with Gasteiger partial charge in [-0.15, -0.1) is 0 Å². The summed E-state index contributed by atoms with van der Waals surface area (Å²) in [6.45, 7) is 5.88. The molecular weight excluding hydrogens is 114 g/mol. The van der Waals surface area contributed by atoms with Gasteiger partial charge in [0.15, 0.2) is 0 Å². The Morgan fingerprint density at radius 1 is 1.44 bits per heavy atom. The Kier molecular flexibility index (Phi) is 2.05. The topological polar surface area (TPSA) is 39.1 Å². The lowest BCUT2D eigenvalue weighted by molar-refractivity contribution is 0.354. The first-order valence-electron chi connectivity index (χ1n) is 3.31. The van der Waals surface area contributed by atoms with Crippen LogP contribution in [0.4, 0.5) is 0 Å². The fraction of sp³-hybridized carbons (Fsp3) is 0.833. The maximum atomic E-state index is 7.29. The van der Waals surface area contributed by atoms with Crippen molar-refractivity contribution in [3.63, 3.8) is 0 Å². The first-order chi connectivity index (χ1) is 4.30. The van der Waals surface area contributed by atoms with Crippen LogP contribution in [0, 0.1) is 5.41 Å². The quantitative estimate of drug-likeness (QED) is 0.352. The van der Waals surface area contributed by atoms with Crippen LogP contribution in [0.5, 0.6) is 0 Å². The molecule has 0 spiro atoms. The molecule has 0 aromatic rings. The summed E-state index contributed by atoms with van der Waals surface area (Å²) in [5, 5.41) is 10.5. The molecule has 1 aliphatic heterocycles. The molecule has 0 aromatic carbocycles. The molecule has 1 aliphatic rings. The lowest BCUT2D eigenvalue weighted by Crippen LogP contribution is -2.45. The number of amidine groups is 1. The third-order valence-electron chi connectivity index (χ3n) is 1.59. The van der Waals surface area contributed by atoms with Crippen molar-refractivity contribution in [3.05, 3.63) is 0 Å². The highest BCUT2D eigenvalue weighted by Gasteiger charge is 2.07. The van der Waals surface area contributed by atoms with Gasteiger partial charge in [-0.2, -0.15) is 0 Å². The zero-order valence-corrected chi connectivity index (χ0v) is 5.78. The highest BCUT2D eigenvalue weighted by molar-refractivity contribution is 5.76. The van der Waals surface area contributed by atoms with Crippen molar-refractivity contribution in [2.45, 2.75) is 6.92 Å². The van der Waals surface area contributed by atoms with Gasteiger partial charge in [0.05, 0.1) is 5.84 Å². The molecule has 1 rings (SSSR count). The highest BCUT2D eigenvalue weighted by atomic mass is 15.2. The van der Waals surface area contributed by atoms with E-state index in [1.165, 1.54) is 0 Å². The molecule has 52 valence electrons. The molecular formula is C6H13N3. The molecule has 0 bridgehead atoms. The normalized spacial score (nSPS) is 19.9. The summed E-state index contributed by atoms with van der Waals surface area (Å²) in [5.41, 5.74) is 0. The van der Waals surface area contributed by atoms with Crippen molar-refractivity contribution in [2.24, 2.45) is 0 Å². The minimum absolute atomic E-state index is 0.691. The van der Waals surface area contributed by atoms with E-state index in [9.17, 15) is 0 Å². The summed E-state index contributed by atoms with van der Waals surface area (Å²) in [7, 11) is 0. The molecule has 0 aromatic heterocycles. The Hall–Kier alpha value is -0.570. The molecule has 1 saturated heterocycles. The van der Waals surface area contributed by atoms with Gasteiger partial charge in [-0.3, -0.25) is 5.41 Å². The average molecular weight is 127 g/mol. The van der Waals surface area contributed by atoms with Gasteiger partial charge in [-0.05, 0) is 6.92 Å². The zero-order valence-electron chi connectivity index (χ0n) is 5.78. The number of hydrogen-bond acceptors (Lipinski definition) is 2. The SMILES string of the molecule is CC(=N)N1CCNCC1. The number of hydrogen-bond donors (Lipinski definition) is 2. The summed E-state index contributed by atoms with van der Waals surface area (Å²) in [6, 6.07) is 0. The van der Waals surface area contributed by atoms with Crippen LogP contribution in [0.15, 0.2) is 0 Å². The largest absolute Gasteiger partial charge is 0.358 e. The van der Waals surface area contributed by atoms with Crippen LogP contribution in [0.25, 0.3) is 0 Å². The van der Waals surface area contributed by atoms with Crippen molar-refractivity contribution >= 4 is 5.84 Å². The Morgan fingerprint density at radius 3 is 2.33 bits per heavy atom. The molecule has 0 saturated carbocycles. The number of rotatable bonds is 0. The molecule has 0 aliphatic carbocycles. The molecule has 1 fully saturated rings. The lowest BCUT2D eigenvalue weighted by atomic mass is 10.3. The molecule has 0 radical (unpaired) electrons. The van der Waals surface area contributed by atoms with Crippen LogP contribution >= 0.6 is 0 Å². The van der Waals surface area contributed by atoms with E-state index >= 15 is 0 Å². The van der Waals surface area contributed by atoms with Crippen LogP contribution in [0.3, 0.4) is 0 Å². The first kappa shape index (κ1) is 6.55. The molecule has 2 N–H and O–H groups in total. The van der Waals surface area contributed by atoms with E-state index in [4.69, 9.17) is 5.41 Å². The van der Waals surface area contributed by atoms with Gasteiger partial charge < -0.3 is 10.2 Å². The van der Waals surface area contributed by atoms with E-state index in [0.717, 1.165) is 26.2 Å². The third-order valence-corrected chi connectivity index (χ3v) is 1.59. The molecule has 0 unspecified atom stereocenters. The van der Waals surface area contributed by atoms with Crippen LogP contribution in [0.1, 0.15) is 6.92 Å². The fourth-order valence-electron chi connectivity index (χ4n) is 1.00. The van der Waals surface area contributed by atoms with Gasteiger partial charge in [0.2, 0.25) is 0 Å². The smallest absolute Gasteiger partial charge is 0.0926 e. The van der Waals surface area contributed by atoms with Crippen LogP contribution < -0.4 is 5.32 Å². The number of nitrogens with one attached hydrogen (secondary N) is 2. The van der Waals surface area contributed by atoms with Gasteiger partial charge in [-0.25, -0.2) is 0 Å². The molecule has 3 nitrogen and oxygen atoms in total. The van der Waals surface area contributed by atoms with Gasteiger partial charge in [-0.1, -0.05) is 0 Å². The van der Waals surface area contributed by atoms with E-state index in [0.29, 0.717) is 5.84 Å². The Labute approximate surface area is 55.6 Å². The van der Waals surface area contributed by atoms with Crippen molar-refractivity contribution in [3.8, 4) is 0 Å². The second-order valence-electron chi connectivity index (χ2n) is 2.32. The van der Waals surface area contributed by atoms with Gasteiger partial charge >= 0.3 is 0 Å². The van der Waals surface area contributed by atoms with E-state index in [-0.39, 0.29) is 0 Å². The van der Waals surface area contributed by atoms with Crippen molar-refractivity contribution in [1.82, 2.24) is 10.2 Å². The molecule has 0 atom stereocenters. The van der Waals surface area contributed by atoms with Crippen molar-refractivity contribution in [2.75, 3.05) is 26.2 Å². The Bertz CT molecular complexity index is 105. The van der Waals surface area contributed by atoms with E-state index in [1.807, 2.05) is 6.92 Å². The first-order valence-corrected chi connectivity index (χ1v) is 3.31. The molecule has 9 heavy (non-hydrogen) atoms. The summed E-state index contributed by atoms with van der Waals surface area (Å²) in [4.78, 5) is 2.08. The summed E-state index contributed by atoms with van der Waals surface area (Å²) >= 11 is 0. The number of piperazine rings is 1. The zero-order chi connectivity index (χ0) is 6.69. The monoisotopic (exact) mass is 127 g/mol. The second kappa shape index (κ2) is 2.82. The maximum Gasteiger partial charge on any atom is 0.0926 e. The maximum absolute atomic E-state index is 7.29. The minimum Gasteiger partial charge on any atom is -0.358 e. The number of nitrogens with zero attached hydrogens (tertiary/aromatic N) is 1. The minimum atomic E-state index is 0.691. The molecule has 1 heterocycles. The average Bonchev–Trinajstić information content (AvgIpc) is 1.90. The molecule has 0 amide bonds. The van der Waals surface area contributed by atoms with Crippen LogP contribution in [-0.2, 0) is 0 Å². The fourth-order valence-corrected chi connectivity index (χ4v) is 1.00. The van der Waals surface area contributed by atoms with Gasteiger partial charge in [0.1, 0.15) is 0 Å². The van der Waals surface area contributed by atoms with E-state index < -0.39 is 0 Å². The predicted molar refractivity (Wildman–Crippen MR) is 37.8 cm³/mol. The van der Waals surface area contributed by atoms with Crippen molar-refractivity contribution < 1.29 is 0 Å². The van der Waals surface area contributed by atoms with E-state index in [2.05, 4.69) is 10.2 Å². The third kappa shape index (κ3) is 1.68. The Morgan fingerprint density at radius 2 is 2.00 bits per heavy atom.